The Kier molecular flexibility index (Phi) is 7.28. The molecule has 1 aliphatic carbocycles. The molecule has 2 N–H and O–H groups in total. The molecule has 0 aromatic heterocycles. The Morgan fingerprint density at radius 2 is 1.66 bits per heavy atom. The maximum Gasteiger partial charge on any atom is 0.255 e. The molecule has 29 heavy (non-hydrogen) atoms. The van der Waals surface area contributed by atoms with Crippen LogP contribution < -0.4 is 15.4 Å². The molecule has 3 rings (SSSR count). The fourth-order valence-corrected chi connectivity index (χ4v) is 3.45. The summed E-state index contributed by atoms with van der Waals surface area (Å²) >= 11 is 0. The molecule has 0 heterocycles. The van der Waals surface area contributed by atoms with Crippen LogP contribution in [0.2, 0.25) is 0 Å². The molecule has 0 saturated heterocycles. The first-order valence-corrected chi connectivity index (χ1v) is 10.5. The molecule has 0 unspecified atom stereocenters. The lowest BCUT2D eigenvalue weighted by Crippen LogP contribution is -2.36. The quantitative estimate of drug-likeness (QED) is 0.692. The van der Waals surface area contributed by atoms with Gasteiger partial charge in [-0.2, -0.15) is 0 Å². The SMILES string of the molecule is CC(C)COc1cccc(C(=O)Nc2cccc(C(=O)NC3CCCCC3)c2)c1. The van der Waals surface area contributed by atoms with E-state index in [2.05, 4.69) is 24.5 Å². The van der Waals surface area contributed by atoms with E-state index in [1.165, 1.54) is 19.3 Å². The van der Waals surface area contributed by atoms with Crippen molar-refractivity contribution < 1.29 is 14.3 Å². The normalized spacial score (nSPS) is 14.4. The summed E-state index contributed by atoms with van der Waals surface area (Å²) < 4.78 is 5.70. The predicted molar refractivity (Wildman–Crippen MR) is 116 cm³/mol. The molecule has 1 fully saturated rings. The fourth-order valence-electron chi connectivity index (χ4n) is 3.45. The summed E-state index contributed by atoms with van der Waals surface area (Å²) in [7, 11) is 0. The van der Waals surface area contributed by atoms with Gasteiger partial charge in [-0.3, -0.25) is 9.59 Å². The van der Waals surface area contributed by atoms with Gasteiger partial charge in [0.05, 0.1) is 6.61 Å². The van der Waals surface area contributed by atoms with Crippen molar-refractivity contribution in [2.24, 2.45) is 5.92 Å². The Morgan fingerprint density at radius 1 is 0.966 bits per heavy atom. The first-order chi connectivity index (χ1) is 14.0. The van der Waals surface area contributed by atoms with Gasteiger partial charge in [0.2, 0.25) is 0 Å². The fraction of sp³-hybridized carbons (Fsp3) is 0.417. The Balaban J connectivity index is 1.62. The van der Waals surface area contributed by atoms with Crippen LogP contribution in [0.1, 0.15) is 66.7 Å². The molecule has 0 radical (unpaired) electrons. The van der Waals surface area contributed by atoms with Gasteiger partial charge < -0.3 is 15.4 Å². The lowest BCUT2D eigenvalue weighted by atomic mass is 9.95. The zero-order valence-electron chi connectivity index (χ0n) is 17.2. The van der Waals surface area contributed by atoms with E-state index in [1.54, 1.807) is 42.5 Å². The van der Waals surface area contributed by atoms with Gasteiger partial charge in [-0.05, 0) is 55.2 Å². The first kappa shape index (κ1) is 20.9. The van der Waals surface area contributed by atoms with Crippen molar-refractivity contribution in [3.05, 3.63) is 59.7 Å². The number of carbonyl (C=O) groups is 2. The van der Waals surface area contributed by atoms with E-state index in [4.69, 9.17) is 4.74 Å². The van der Waals surface area contributed by atoms with Crippen molar-refractivity contribution in [2.45, 2.75) is 52.0 Å². The summed E-state index contributed by atoms with van der Waals surface area (Å²) in [6.45, 7) is 4.76. The van der Waals surface area contributed by atoms with Gasteiger partial charge in [-0.25, -0.2) is 0 Å². The van der Waals surface area contributed by atoms with Gasteiger partial charge in [0, 0.05) is 22.9 Å². The number of rotatable bonds is 7. The number of amides is 2. The number of nitrogens with one attached hydrogen (secondary N) is 2. The summed E-state index contributed by atoms with van der Waals surface area (Å²) in [5.41, 5.74) is 1.67. The Morgan fingerprint density at radius 3 is 2.38 bits per heavy atom. The van der Waals surface area contributed by atoms with Gasteiger partial charge in [-0.15, -0.1) is 0 Å². The summed E-state index contributed by atoms with van der Waals surface area (Å²) in [4.78, 5) is 25.2. The van der Waals surface area contributed by atoms with Crippen LogP contribution >= 0.6 is 0 Å². The number of anilines is 1. The molecular formula is C24H30N2O3. The minimum atomic E-state index is -0.232. The molecule has 0 aliphatic heterocycles. The van der Waals surface area contributed by atoms with Gasteiger partial charge in [0.15, 0.2) is 0 Å². The van der Waals surface area contributed by atoms with Gasteiger partial charge in [0.25, 0.3) is 11.8 Å². The van der Waals surface area contributed by atoms with Gasteiger partial charge >= 0.3 is 0 Å². The maximum absolute atomic E-state index is 12.6. The second kappa shape index (κ2) is 10.1. The molecule has 0 bridgehead atoms. The number of hydrogen-bond donors (Lipinski definition) is 2. The maximum atomic E-state index is 12.6. The van der Waals surface area contributed by atoms with Crippen molar-refractivity contribution in [3.63, 3.8) is 0 Å². The highest BCUT2D eigenvalue weighted by atomic mass is 16.5. The summed E-state index contributed by atoms with van der Waals surface area (Å²) in [5, 5.41) is 5.98. The molecule has 5 heteroatoms. The number of ether oxygens (including phenoxy) is 1. The third kappa shape index (κ3) is 6.34. The molecule has 0 atom stereocenters. The highest BCUT2D eigenvalue weighted by Crippen LogP contribution is 2.19. The van der Waals surface area contributed by atoms with Crippen molar-refractivity contribution in [2.75, 3.05) is 11.9 Å². The molecular weight excluding hydrogens is 364 g/mol. The van der Waals surface area contributed by atoms with E-state index in [1.807, 2.05) is 6.07 Å². The second-order valence-corrected chi connectivity index (χ2v) is 8.08. The lowest BCUT2D eigenvalue weighted by Gasteiger charge is -2.22. The highest BCUT2D eigenvalue weighted by molar-refractivity contribution is 6.05. The second-order valence-electron chi connectivity index (χ2n) is 8.08. The predicted octanol–water partition coefficient (Wildman–Crippen LogP) is 5.04. The van der Waals surface area contributed by atoms with Crippen molar-refractivity contribution in [1.82, 2.24) is 5.32 Å². The smallest absolute Gasteiger partial charge is 0.255 e. The van der Waals surface area contributed by atoms with Crippen LogP contribution in [-0.2, 0) is 0 Å². The monoisotopic (exact) mass is 394 g/mol. The van der Waals surface area contributed by atoms with Crippen LogP contribution in [0.4, 0.5) is 5.69 Å². The zero-order chi connectivity index (χ0) is 20.6. The van der Waals surface area contributed by atoms with Crippen molar-refractivity contribution in [1.29, 1.82) is 0 Å². The number of benzene rings is 2. The minimum Gasteiger partial charge on any atom is -0.493 e. The molecule has 2 aromatic rings. The molecule has 5 nitrogen and oxygen atoms in total. The summed E-state index contributed by atoms with van der Waals surface area (Å²) in [6.07, 6.45) is 5.66. The van der Waals surface area contributed by atoms with Crippen LogP contribution in [0.5, 0.6) is 5.75 Å². The standard InChI is InChI=1S/C24H30N2O3/c1-17(2)16-29-22-13-7-9-19(15-22)24(28)26-21-12-6-8-18(14-21)23(27)25-20-10-4-3-5-11-20/h6-9,12-15,17,20H,3-5,10-11,16H2,1-2H3,(H,25,27)(H,26,28). The average molecular weight is 395 g/mol. The Bertz CT molecular complexity index is 842. The van der Waals surface area contributed by atoms with Crippen LogP contribution in [0.3, 0.4) is 0 Å². The highest BCUT2D eigenvalue weighted by Gasteiger charge is 2.17. The molecule has 1 aliphatic rings. The zero-order valence-corrected chi connectivity index (χ0v) is 17.2. The van der Waals surface area contributed by atoms with Crippen molar-refractivity contribution >= 4 is 17.5 Å². The van der Waals surface area contributed by atoms with E-state index in [0.29, 0.717) is 35.1 Å². The first-order valence-electron chi connectivity index (χ1n) is 10.5. The summed E-state index contributed by atoms with van der Waals surface area (Å²) in [6, 6.07) is 14.4. The van der Waals surface area contributed by atoms with Crippen LogP contribution in [-0.4, -0.2) is 24.5 Å². The van der Waals surface area contributed by atoms with Crippen LogP contribution in [0, 0.1) is 5.92 Å². The third-order valence-electron chi connectivity index (χ3n) is 5.00. The molecule has 154 valence electrons. The molecule has 0 spiro atoms. The number of hydrogen-bond acceptors (Lipinski definition) is 3. The topological polar surface area (TPSA) is 67.4 Å². The summed E-state index contributed by atoms with van der Waals surface area (Å²) in [5.74, 6) is 0.767. The van der Waals surface area contributed by atoms with E-state index < -0.39 is 0 Å². The largest absolute Gasteiger partial charge is 0.493 e. The average Bonchev–Trinajstić information content (AvgIpc) is 2.73. The third-order valence-corrected chi connectivity index (χ3v) is 5.00. The van der Waals surface area contributed by atoms with E-state index >= 15 is 0 Å². The molecule has 2 amide bonds. The van der Waals surface area contributed by atoms with E-state index in [9.17, 15) is 9.59 Å². The van der Waals surface area contributed by atoms with Crippen molar-refractivity contribution in [3.8, 4) is 5.75 Å². The Labute approximate surface area is 172 Å². The minimum absolute atomic E-state index is 0.0860. The van der Waals surface area contributed by atoms with E-state index in [-0.39, 0.29) is 17.9 Å². The van der Waals surface area contributed by atoms with Crippen LogP contribution in [0.25, 0.3) is 0 Å². The van der Waals surface area contributed by atoms with Gasteiger partial charge in [0.1, 0.15) is 5.75 Å². The Hall–Kier alpha value is -2.82. The van der Waals surface area contributed by atoms with Crippen LogP contribution in [0.15, 0.2) is 48.5 Å². The molecule has 2 aromatic carbocycles. The number of carbonyl (C=O) groups excluding carboxylic acids is 2. The van der Waals surface area contributed by atoms with Gasteiger partial charge in [-0.1, -0.05) is 45.2 Å². The lowest BCUT2D eigenvalue weighted by molar-refractivity contribution is 0.0926. The molecule has 1 saturated carbocycles. The van der Waals surface area contributed by atoms with E-state index in [0.717, 1.165) is 12.8 Å².